The van der Waals surface area contributed by atoms with E-state index in [2.05, 4.69) is 4.90 Å². The molecular weight excluding hydrogens is 270 g/mol. The second-order valence-electron chi connectivity index (χ2n) is 5.72. The van der Waals surface area contributed by atoms with Crippen LogP contribution in [0, 0.1) is 0 Å². The highest BCUT2D eigenvalue weighted by atomic mass is 16.1. The predicted molar refractivity (Wildman–Crippen MR) is 89.7 cm³/mol. The highest BCUT2D eigenvalue weighted by Gasteiger charge is 2.20. The number of ketones is 1. The first-order valence-electron chi connectivity index (χ1n) is 7.90. The summed E-state index contributed by atoms with van der Waals surface area (Å²) in [5, 5.41) is 0. The van der Waals surface area contributed by atoms with Crippen LogP contribution in [-0.2, 0) is 4.79 Å². The zero-order chi connectivity index (χ0) is 15.2. The Hall–Kier alpha value is -2.35. The number of benzene rings is 2. The molecule has 2 aromatic rings. The van der Waals surface area contributed by atoms with E-state index in [0.29, 0.717) is 0 Å². The van der Waals surface area contributed by atoms with Crippen molar-refractivity contribution in [3.8, 4) is 0 Å². The fourth-order valence-electron chi connectivity index (χ4n) is 2.98. The Balaban J connectivity index is 1.86. The highest BCUT2D eigenvalue weighted by molar-refractivity contribution is 5.97. The van der Waals surface area contributed by atoms with Crippen molar-refractivity contribution in [1.29, 1.82) is 0 Å². The van der Waals surface area contributed by atoms with E-state index in [1.807, 2.05) is 66.9 Å². The van der Waals surface area contributed by atoms with Crippen LogP contribution in [0.2, 0.25) is 0 Å². The molecule has 0 amide bonds. The third kappa shape index (κ3) is 3.45. The van der Waals surface area contributed by atoms with E-state index >= 15 is 0 Å². The van der Waals surface area contributed by atoms with Crippen LogP contribution in [0.15, 0.2) is 72.9 Å². The van der Waals surface area contributed by atoms with Gasteiger partial charge in [0.1, 0.15) is 0 Å². The molecular formula is C20H21NO. The van der Waals surface area contributed by atoms with Gasteiger partial charge in [-0.1, -0.05) is 60.7 Å². The number of nitrogens with zero attached hydrogens (tertiary/aromatic N) is 1. The minimum atomic E-state index is -0.221. The van der Waals surface area contributed by atoms with Crippen molar-refractivity contribution in [3.05, 3.63) is 84.1 Å². The van der Waals surface area contributed by atoms with E-state index in [0.717, 1.165) is 24.2 Å². The number of carbonyl (C=O) groups is 1. The molecule has 0 saturated carbocycles. The summed E-state index contributed by atoms with van der Waals surface area (Å²) >= 11 is 0. The summed E-state index contributed by atoms with van der Waals surface area (Å²) in [4.78, 5) is 15.0. The molecule has 112 valence electrons. The first kappa shape index (κ1) is 14.6. The van der Waals surface area contributed by atoms with Crippen molar-refractivity contribution in [1.82, 2.24) is 4.90 Å². The van der Waals surface area contributed by atoms with Crippen molar-refractivity contribution >= 4 is 5.78 Å². The number of rotatable bonds is 5. The lowest BCUT2D eigenvalue weighted by Crippen LogP contribution is -2.15. The van der Waals surface area contributed by atoms with E-state index in [1.54, 1.807) is 6.08 Å². The van der Waals surface area contributed by atoms with E-state index in [1.165, 1.54) is 12.8 Å². The third-order valence-corrected chi connectivity index (χ3v) is 4.14. The molecule has 0 spiro atoms. The van der Waals surface area contributed by atoms with Gasteiger partial charge in [0.15, 0.2) is 5.78 Å². The van der Waals surface area contributed by atoms with Crippen LogP contribution in [0.1, 0.15) is 29.9 Å². The molecule has 1 aliphatic rings. The van der Waals surface area contributed by atoms with Crippen molar-refractivity contribution in [2.45, 2.75) is 18.8 Å². The zero-order valence-electron chi connectivity index (χ0n) is 12.7. The zero-order valence-corrected chi connectivity index (χ0v) is 12.7. The summed E-state index contributed by atoms with van der Waals surface area (Å²) in [5.74, 6) is -0.0782. The lowest BCUT2D eigenvalue weighted by atomic mass is 9.87. The Morgan fingerprint density at radius 2 is 1.36 bits per heavy atom. The number of hydrogen-bond donors (Lipinski definition) is 0. The average Bonchev–Trinajstić information content (AvgIpc) is 3.09. The highest BCUT2D eigenvalue weighted by Crippen LogP contribution is 2.26. The Morgan fingerprint density at radius 1 is 0.864 bits per heavy atom. The van der Waals surface area contributed by atoms with Crippen LogP contribution in [0.5, 0.6) is 0 Å². The largest absolute Gasteiger partial charge is 0.377 e. The van der Waals surface area contributed by atoms with Crippen molar-refractivity contribution < 1.29 is 4.79 Å². The number of likely N-dealkylation sites (tertiary alicyclic amines) is 1. The molecule has 1 fully saturated rings. The maximum atomic E-state index is 12.8. The summed E-state index contributed by atoms with van der Waals surface area (Å²) < 4.78 is 0. The Kier molecular flexibility index (Phi) is 4.69. The number of hydrogen-bond acceptors (Lipinski definition) is 2. The second kappa shape index (κ2) is 7.08. The van der Waals surface area contributed by atoms with E-state index < -0.39 is 0 Å². The molecule has 0 atom stereocenters. The van der Waals surface area contributed by atoms with Gasteiger partial charge >= 0.3 is 0 Å². The molecule has 2 heteroatoms. The number of allylic oxidation sites excluding steroid dienone is 1. The average molecular weight is 291 g/mol. The molecule has 1 heterocycles. The summed E-state index contributed by atoms with van der Waals surface area (Å²) in [6.07, 6.45) is 6.16. The smallest absolute Gasteiger partial charge is 0.168 e. The quantitative estimate of drug-likeness (QED) is 0.776. The molecule has 0 bridgehead atoms. The second-order valence-corrected chi connectivity index (χ2v) is 5.72. The van der Waals surface area contributed by atoms with Crippen LogP contribution in [0.25, 0.3) is 0 Å². The lowest BCUT2D eigenvalue weighted by molar-refractivity contribution is -0.115. The molecule has 0 aromatic heterocycles. The van der Waals surface area contributed by atoms with Gasteiger partial charge in [0, 0.05) is 19.3 Å². The molecule has 0 N–H and O–H groups in total. The molecule has 2 nitrogen and oxygen atoms in total. The maximum Gasteiger partial charge on any atom is 0.168 e. The minimum absolute atomic E-state index is 0.143. The van der Waals surface area contributed by atoms with Crippen LogP contribution < -0.4 is 0 Å². The summed E-state index contributed by atoms with van der Waals surface area (Å²) in [6.45, 7) is 2.12. The topological polar surface area (TPSA) is 20.3 Å². The minimum Gasteiger partial charge on any atom is -0.377 e. The standard InChI is InChI=1S/C20H21NO/c22-19(13-16-21-14-7-8-15-21)20(17-9-3-1-4-10-17)18-11-5-2-6-12-18/h1-6,9-13,16,20H,7-8,14-15H2/b16-13+. The first-order chi connectivity index (χ1) is 10.8. The van der Waals surface area contributed by atoms with Crippen LogP contribution in [0.3, 0.4) is 0 Å². The summed E-state index contributed by atoms with van der Waals surface area (Å²) in [6, 6.07) is 20.0. The van der Waals surface area contributed by atoms with Gasteiger partial charge in [-0.05, 0) is 30.0 Å². The van der Waals surface area contributed by atoms with E-state index in [9.17, 15) is 4.79 Å². The molecule has 0 radical (unpaired) electrons. The van der Waals surface area contributed by atoms with Crippen LogP contribution in [0.4, 0.5) is 0 Å². The van der Waals surface area contributed by atoms with E-state index in [4.69, 9.17) is 0 Å². The van der Waals surface area contributed by atoms with Crippen LogP contribution in [-0.4, -0.2) is 23.8 Å². The fourth-order valence-corrected chi connectivity index (χ4v) is 2.98. The third-order valence-electron chi connectivity index (χ3n) is 4.14. The Labute approximate surface area is 132 Å². The van der Waals surface area contributed by atoms with Gasteiger partial charge in [-0.2, -0.15) is 0 Å². The van der Waals surface area contributed by atoms with Gasteiger partial charge in [0.05, 0.1) is 5.92 Å². The normalized spacial score (nSPS) is 14.9. The van der Waals surface area contributed by atoms with Gasteiger partial charge < -0.3 is 4.90 Å². The van der Waals surface area contributed by atoms with E-state index in [-0.39, 0.29) is 11.7 Å². The molecule has 22 heavy (non-hydrogen) atoms. The molecule has 1 aliphatic heterocycles. The Bertz CT molecular complexity index is 588. The van der Waals surface area contributed by atoms with Crippen molar-refractivity contribution in [3.63, 3.8) is 0 Å². The molecule has 3 rings (SSSR count). The lowest BCUT2D eigenvalue weighted by Gasteiger charge is -2.16. The molecule has 2 aromatic carbocycles. The van der Waals surface area contributed by atoms with Gasteiger partial charge in [0.25, 0.3) is 0 Å². The SMILES string of the molecule is O=C(/C=C/N1CCCC1)C(c1ccccc1)c1ccccc1. The van der Waals surface area contributed by atoms with Crippen molar-refractivity contribution in [2.24, 2.45) is 0 Å². The summed E-state index contributed by atoms with van der Waals surface area (Å²) in [5.41, 5.74) is 2.09. The van der Waals surface area contributed by atoms with Gasteiger partial charge in [-0.15, -0.1) is 0 Å². The van der Waals surface area contributed by atoms with Gasteiger partial charge in [0.2, 0.25) is 0 Å². The molecule has 1 saturated heterocycles. The predicted octanol–water partition coefficient (Wildman–Crippen LogP) is 4.00. The number of carbonyl (C=O) groups excluding carboxylic acids is 1. The Morgan fingerprint density at radius 3 is 1.86 bits per heavy atom. The van der Waals surface area contributed by atoms with Gasteiger partial charge in [-0.25, -0.2) is 0 Å². The first-order valence-corrected chi connectivity index (χ1v) is 7.90. The molecule has 0 unspecified atom stereocenters. The van der Waals surface area contributed by atoms with Crippen molar-refractivity contribution in [2.75, 3.05) is 13.1 Å². The molecule has 0 aliphatic carbocycles. The fraction of sp³-hybridized carbons (Fsp3) is 0.250. The summed E-state index contributed by atoms with van der Waals surface area (Å²) in [7, 11) is 0. The maximum absolute atomic E-state index is 12.8. The van der Waals surface area contributed by atoms with Gasteiger partial charge in [-0.3, -0.25) is 4.79 Å². The monoisotopic (exact) mass is 291 g/mol. The van der Waals surface area contributed by atoms with Crippen LogP contribution >= 0.6 is 0 Å².